The molecule has 246 valence electrons. The highest BCUT2D eigenvalue weighted by Gasteiger charge is 2.21. The maximum Gasteiger partial charge on any atom is 0.198 e. The SMILES string of the molecule is O=P(c1ccc(-c2cc(N(c3ccccc3)c3cccc4ccccc34)cc(N(c3ccccc3)c3cccc4ccccc34)c2)cc1)=S(=S)=S. The van der Waals surface area contributed by atoms with Crippen LogP contribution in [0.25, 0.3) is 32.7 Å². The number of hydrogen-bond acceptors (Lipinski definition) is 5. The first-order valence-corrected chi connectivity index (χ1v) is 21.5. The van der Waals surface area contributed by atoms with E-state index in [1.54, 1.807) is 0 Å². The van der Waals surface area contributed by atoms with Crippen molar-refractivity contribution in [1.82, 2.24) is 0 Å². The van der Waals surface area contributed by atoms with E-state index in [1.807, 2.05) is 36.4 Å². The van der Waals surface area contributed by atoms with Crippen molar-refractivity contribution >= 4 is 97.1 Å². The van der Waals surface area contributed by atoms with Crippen molar-refractivity contribution in [2.24, 2.45) is 0 Å². The third kappa shape index (κ3) is 6.63. The number of fused-ring (bicyclic) bond motifs is 2. The average molecular weight is 731 g/mol. The zero-order valence-electron chi connectivity index (χ0n) is 27.4. The number of hydrogen-bond donors (Lipinski definition) is 0. The number of anilines is 6. The molecular formula is C44H31N2OPS3. The molecule has 8 aromatic rings. The van der Waals surface area contributed by atoms with Crippen molar-refractivity contribution in [3.8, 4) is 11.1 Å². The van der Waals surface area contributed by atoms with Crippen LogP contribution in [0.15, 0.2) is 188 Å². The van der Waals surface area contributed by atoms with Crippen LogP contribution in [-0.4, -0.2) is 0 Å². The highest BCUT2D eigenvalue weighted by atomic mass is 33.2. The summed E-state index contributed by atoms with van der Waals surface area (Å²) in [4.78, 5) is 4.68. The molecule has 0 saturated carbocycles. The summed E-state index contributed by atoms with van der Waals surface area (Å²) in [6.07, 6.45) is 0. The van der Waals surface area contributed by atoms with E-state index in [2.05, 4.69) is 161 Å². The molecule has 0 spiro atoms. The lowest BCUT2D eigenvalue weighted by Gasteiger charge is -2.31. The van der Waals surface area contributed by atoms with E-state index in [4.69, 9.17) is 22.4 Å². The molecule has 0 heterocycles. The predicted molar refractivity (Wildman–Crippen MR) is 226 cm³/mol. The van der Waals surface area contributed by atoms with E-state index in [9.17, 15) is 4.57 Å². The minimum Gasteiger partial charge on any atom is -0.310 e. The fourth-order valence-corrected chi connectivity index (χ4v) is 9.69. The van der Waals surface area contributed by atoms with Gasteiger partial charge in [0.25, 0.3) is 0 Å². The second-order valence-corrected chi connectivity index (χ2v) is 19.8. The second-order valence-electron chi connectivity index (χ2n) is 12.1. The van der Waals surface area contributed by atoms with Crippen molar-refractivity contribution in [1.29, 1.82) is 0 Å². The standard InChI is InChI=1S/C44H31N2OPS3/c47-48(51(49)50)40-27-25-32(26-28-40)35-29-38(45(36-17-3-1-4-18-36)43-23-11-15-33-13-7-9-21-41(33)43)31-39(30-35)46(37-19-5-2-6-20-37)44-24-12-16-34-14-8-10-22-42(34)44/h1-31H. The van der Waals surface area contributed by atoms with Crippen LogP contribution in [0.3, 0.4) is 0 Å². The van der Waals surface area contributed by atoms with Crippen LogP contribution in [0.4, 0.5) is 34.1 Å². The summed E-state index contributed by atoms with van der Waals surface area (Å²) in [7, 11) is -1.03. The smallest absolute Gasteiger partial charge is 0.198 e. The first-order valence-electron chi connectivity index (χ1n) is 16.5. The summed E-state index contributed by atoms with van der Waals surface area (Å²) >= 11 is 10.4. The molecule has 0 bridgehead atoms. The molecule has 0 fully saturated rings. The van der Waals surface area contributed by atoms with Gasteiger partial charge in [0.2, 0.25) is 0 Å². The van der Waals surface area contributed by atoms with Crippen molar-refractivity contribution in [3.63, 3.8) is 0 Å². The van der Waals surface area contributed by atoms with Gasteiger partial charge in [0, 0.05) is 38.8 Å². The van der Waals surface area contributed by atoms with Crippen LogP contribution in [0.1, 0.15) is 0 Å². The molecule has 0 radical (unpaired) electrons. The normalized spacial score (nSPS) is 11.3. The first-order chi connectivity index (χ1) is 25.0. The molecule has 7 heteroatoms. The average Bonchev–Trinajstić information content (AvgIpc) is 3.19. The molecule has 8 rings (SSSR count). The molecule has 0 aromatic heterocycles. The first kappa shape index (κ1) is 32.8. The lowest BCUT2D eigenvalue weighted by Crippen LogP contribution is -2.14. The Balaban J connectivity index is 1.43. The quantitative estimate of drug-likeness (QED) is 0.145. The summed E-state index contributed by atoms with van der Waals surface area (Å²) in [5, 5.41) is 5.33. The van der Waals surface area contributed by atoms with Crippen LogP contribution < -0.4 is 15.1 Å². The highest BCUT2D eigenvalue weighted by molar-refractivity contribution is 8.57. The van der Waals surface area contributed by atoms with E-state index in [-0.39, 0.29) is 0 Å². The molecule has 0 aliphatic carbocycles. The molecule has 1 unspecified atom stereocenters. The van der Waals surface area contributed by atoms with Gasteiger partial charge in [-0.25, -0.2) is 0 Å². The lowest BCUT2D eigenvalue weighted by atomic mass is 10.0. The predicted octanol–water partition coefficient (Wildman–Crippen LogP) is 12.5. The van der Waals surface area contributed by atoms with Crippen LogP contribution in [0.5, 0.6) is 0 Å². The summed E-state index contributed by atoms with van der Waals surface area (Å²) in [6.45, 7) is -1.81. The van der Waals surface area contributed by atoms with E-state index in [0.717, 1.165) is 56.0 Å². The van der Waals surface area contributed by atoms with Crippen molar-refractivity contribution in [3.05, 3.63) is 188 Å². The Bertz CT molecular complexity index is 2570. The van der Waals surface area contributed by atoms with Crippen molar-refractivity contribution < 1.29 is 4.57 Å². The molecule has 0 aliphatic heterocycles. The maximum absolute atomic E-state index is 12.9. The monoisotopic (exact) mass is 730 g/mol. The van der Waals surface area contributed by atoms with Gasteiger partial charge in [-0.15, -0.1) is 0 Å². The Morgan fingerprint density at radius 3 is 1.31 bits per heavy atom. The van der Waals surface area contributed by atoms with Crippen LogP contribution in [0.2, 0.25) is 0 Å². The maximum atomic E-state index is 12.9. The largest absolute Gasteiger partial charge is 0.310 e. The van der Waals surface area contributed by atoms with Gasteiger partial charge in [-0.1, -0.05) is 121 Å². The number of nitrogens with zero attached hydrogens (tertiary/aromatic N) is 2. The Morgan fingerprint density at radius 1 is 0.412 bits per heavy atom. The molecule has 0 amide bonds. The van der Waals surface area contributed by atoms with Gasteiger partial charge in [-0.3, -0.25) is 4.57 Å². The topological polar surface area (TPSA) is 23.6 Å². The molecule has 51 heavy (non-hydrogen) atoms. The fraction of sp³-hybridized carbons (Fsp3) is 0. The minimum atomic E-state index is -1.81. The summed E-state index contributed by atoms with van der Waals surface area (Å²) < 4.78 is 12.9. The summed E-state index contributed by atoms with van der Waals surface area (Å²) in [5.74, 6) is 0. The van der Waals surface area contributed by atoms with Crippen molar-refractivity contribution in [2.75, 3.05) is 9.80 Å². The van der Waals surface area contributed by atoms with Crippen LogP contribution >= 0.6 is 6.58 Å². The van der Waals surface area contributed by atoms with E-state index in [1.165, 1.54) is 10.8 Å². The van der Waals surface area contributed by atoms with Gasteiger partial charge < -0.3 is 9.80 Å². The lowest BCUT2D eigenvalue weighted by molar-refractivity contribution is 0.602. The van der Waals surface area contributed by atoms with Gasteiger partial charge in [0.1, 0.15) is 0 Å². The number of benzene rings is 8. The zero-order chi connectivity index (χ0) is 34.7. The third-order valence-corrected chi connectivity index (χ3v) is 13.9. The van der Waals surface area contributed by atoms with Gasteiger partial charge in [0.15, 0.2) is 6.58 Å². The molecule has 3 nitrogen and oxygen atoms in total. The number of rotatable bonds is 8. The zero-order valence-corrected chi connectivity index (χ0v) is 30.7. The highest BCUT2D eigenvalue weighted by Crippen LogP contribution is 2.45. The summed E-state index contributed by atoms with van der Waals surface area (Å²) in [6, 6.07) is 65.6. The van der Waals surface area contributed by atoms with E-state index < -0.39 is 13.8 Å². The molecular weight excluding hydrogens is 700 g/mol. The van der Waals surface area contributed by atoms with E-state index >= 15 is 0 Å². The van der Waals surface area contributed by atoms with Gasteiger partial charge in [0.05, 0.1) is 11.4 Å². The fourth-order valence-electron chi connectivity index (χ4n) is 6.70. The Labute approximate surface area is 308 Å². The Hall–Kier alpha value is -5.36. The van der Waals surface area contributed by atoms with Gasteiger partial charge >= 0.3 is 0 Å². The molecule has 0 N–H and O–H groups in total. The second kappa shape index (κ2) is 14.5. The van der Waals surface area contributed by atoms with Crippen LogP contribution in [-0.2, 0) is 34.1 Å². The van der Waals surface area contributed by atoms with Gasteiger partial charge in [-0.2, -0.15) is 0 Å². The Kier molecular flexibility index (Phi) is 9.31. The molecule has 0 saturated heterocycles. The molecule has 0 aliphatic rings. The Morgan fingerprint density at radius 2 is 0.843 bits per heavy atom. The van der Waals surface area contributed by atoms with Gasteiger partial charge in [-0.05, 0) is 118 Å². The third-order valence-electron chi connectivity index (χ3n) is 9.01. The molecule has 1 atom stereocenters. The minimum absolute atomic E-state index is 0.682. The molecule has 8 aromatic carbocycles. The number of para-hydroxylation sites is 2. The van der Waals surface area contributed by atoms with E-state index in [0.29, 0.717) is 5.30 Å². The van der Waals surface area contributed by atoms with Crippen molar-refractivity contribution in [2.45, 2.75) is 0 Å². The summed E-state index contributed by atoms with van der Waals surface area (Å²) in [5.41, 5.74) is 8.26. The van der Waals surface area contributed by atoms with Crippen LogP contribution in [0, 0.1) is 0 Å².